The number of benzene rings is 1. The van der Waals surface area contributed by atoms with Crippen molar-refractivity contribution in [2.45, 2.75) is 19.1 Å². The van der Waals surface area contributed by atoms with Crippen LogP contribution in [0.4, 0.5) is 0 Å². The Labute approximate surface area is 110 Å². The van der Waals surface area contributed by atoms with Crippen molar-refractivity contribution in [1.82, 2.24) is 0 Å². The van der Waals surface area contributed by atoms with Crippen molar-refractivity contribution in [1.29, 1.82) is 0 Å². The molecule has 0 N–H and O–H groups in total. The molecule has 4 heteroatoms. The summed E-state index contributed by atoms with van der Waals surface area (Å²) >= 11 is 8.89. The van der Waals surface area contributed by atoms with Gasteiger partial charge in [0.25, 0.3) is 0 Å². The van der Waals surface area contributed by atoms with Gasteiger partial charge in [-0.25, -0.2) is 0 Å². The second kappa shape index (κ2) is 7.25. The van der Waals surface area contributed by atoms with Crippen molar-refractivity contribution in [3.05, 3.63) is 34.9 Å². The molecule has 0 saturated carbocycles. The lowest BCUT2D eigenvalue weighted by atomic mass is 10.2. The largest absolute Gasteiger partial charge is 0.286 e. The summed E-state index contributed by atoms with van der Waals surface area (Å²) in [5, 5.41) is 0.878. The van der Waals surface area contributed by atoms with E-state index < -0.39 is 0 Å². The van der Waals surface area contributed by atoms with E-state index in [2.05, 4.69) is 6.92 Å². The quantitative estimate of drug-likeness (QED) is 0.791. The third-order valence-corrected chi connectivity index (χ3v) is 4.37. The molecular formula is C12H15ClOS2. The Kier molecular flexibility index (Phi) is 6.32. The first-order valence-electron chi connectivity index (χ1n) is 5.22. The second-order valence-electron chi connectivity index (χ2n) is 3.14. The highest BCUT2D eigenvalue weighted by molar-refractivity contribution is 8.15. The minimum absolute atomic E-state index is 0.0628. The highest BCUT2D eigenvalue weighted by atomic mass is 35.5. The van der Waals surface area contributed by atoms with Gasteiger partial charge in [-0.15, -0.1) is 11.8 Å². The molecule has 88 valence electrons. The van der Waals surface area contributed by atoms with Gasteiger partial charge in [-0.3, -0.25) is 4.79 Å². The van der Waals surface area contributed by atoms with E-state index in [1.165, 1.54) is 11.8 Å². The van der Waals surface area contributed by atoms with Gasteiger partial charge < -0.3 is 0 Å². The lowest BCUT2D eigenvalue weighted by molar-refractivity contribution is -0.110. The number of thioether (sulfide) groups is 2. The molecule has 0 aliphatic heterocycles. The van der Waals surface area contributed by atoms with Crippen LogP contribution in [0.2, 0.25) is 5.02 Å². The standard InChI is InChI=1S/C12H15ClOS2/c1-3-15-11(12(14)16-4-2)9-5-7-10(13)8-6-9/h5-8,11H,3-4H2,1-2H3. The van der Waals surface area contributed by atoms with E-state index in [1.54, 1.807) is 11.8 Å². The van der Waals surface area contributed by atoms with Crippen LogP contribution in [0.5, 0.6) is 0 Å². The van der Waals surface area contributed by atoms with Crippen LogP contribution in [0.25, 0.3) is 0 Å². The maximum Gasteiger partial charge on any atom is 0.206 e. The fourth-order valence-corrected chi connectivity index (χ4v) is 3.25. The van der Waals surface area contributed by atoms with E-state index in [0.717, 1.165) is 17.1 Å². The number of carbonyl (C=O) groups is 1. The van der Waals surface area contributed by atoms with E-state index in [9.17, 15) is 4.79 Å². The number of hydrogen-bond acceptors (Lipinski definition) is 3. The van der Waals surface area contributed by atoms with Gasteiger partial charge in [0.1, 0.15) is 0 Å². The van der Waals surface area contributed by atoms with Crippen LogP contribution in [-0.4, -0.2) is 16.6 Å². The molecule has 0 aliphatic carbocycles. The molecule has 1 unspecified atom stereocenters. The van der Waals surface area contributed by atoms with Crippen molar-refractivity contribution in [3.63, 3.8) is 0 Å². The molecule has 1 nitrogen and oxygen atoms in total. The van der Waals surface area contributed by atoms with E-state index >= 15 is 0 Å². The molecule has 1 atom stereocenters. The minimum atomic E-state index is -0.0628. The molecule has 16 heavy (non-hydrogen) atoms. The van der Waals surface area contributed by atoms with Crippen LogP contribution in [0.15, 0.2) is 24.3 Å². The number of halogens is 1. The van der Waals surface area contributed by atoms with Crippen LogP contribution in [0.3, 0.4) is 0 Å². The van der Waals surface area contributed by atoms with Crippen molar-refractivity contribution in [3.8, 4) is 0 Å². The van der Waals surface area contributed by atoms with Crippen molar-refractivity contribution >= 4 is 40.2 Å². The molecule has 0 amide bonds. The molecule has 1 rings (SSSR count). The van der Waals surface area contributed by atoms with Crippen molar-refractivity contribution < 1.29 is 4.79 Å². The molecule has 0 aromatic heterocycles. The SMILES string of the molecule is CCSC(=O)C(SCC)c1ccc(Cl)cc1. The normalized spacial score (nSPS) is 12.4. The molecule has 0 radical (unpaired) electrons. The van der Waals surface area contributed by atoms with Gasteiger partial charge in [-0.1, -0.05) is 49.3 Å². The van der Waals surface area contributed by atoms with E-state index in [0.29, 0.717) is 5.02 Å². The first kappa shape index (κ1) is 13.9. The first-order valence-corrected chi connectivity index (χ1v) is 7.64. The number of rotatable bonds is 5. The van der Waals surface area contributed by atoms with Crippen LogP contribution in [-0.2, 0) is 4.79 Å². The Morgan fingerprint density at radius 2 is 1.88 bits per heavy atom. The van der Waals surface area contributed by atoms with Crippen LogP contribution < -0.4 is 0 Å². The van der Waals surface area contributed by atoms with Gasteiger partial charge in [0.15, 0.2) is 0 Å². The van der Waals surface area contributed by atoms with E-state index in [4.69, 9.17) is 11.6 Å². The van der Waals surface area contributed by atoms with Crippen LogP contribution in [0, 0.1) is 0 Å². The van der Waals surface area contributed by atoms with Crippen molar-refractivity contribution in [2.75, 3.05) is 11.5 Å². The van der Waals surface area contributed by atoms with E-state index in [1.807, 2.05) is 31.2 Å². The molecule has 0 saturated heterocycles. The third kappa shape index (κ3) is 4.04. The lowest BCUT2D eigenvalue weighted by Gasteiger charge is -2.14. The highest BCUT2D eigenvalue weighted by Gasteiger charge is 2.19. The molecule has 0 bridgehead atoms. The summed E-state index contributed by atoms with van der Waals surface area (Å²) in [6.45, 7) is 4.07. The fraction of sp³-hybridized carbons (Fsp3) is 0.417. The smallest absolute Gasteiger partial charge is 0.206 e. The van der Waals surface area contributed by atoms with Gasteiger partial charge in [0.2, 0.25) is 5.12 Å². The molecule has 0 aliphatic rings. The topological polar surface area (TPSA) is 17.1 Å². The molecule has 1 aromatic carbocycles. The van der Waals surface area contributed by atoms with Crippen LogP contribution >= 0.6 is 35.1 Å². The molecule has 1 aromatic rings. The predicted molar refractivity (Wildman–Crippen MR) is 75.5 cm³/mol. The Morgan fingerprint density at radius 1 is 1.25 bits per heavy atom. The molecule has 0 fully saturated rings. The van der Waals surface area contributed by atoms with Gasteiger partial charge >= 0.3 is 0 Å². The maximum atomic E-state index is 11.9. The predicted octanol–water partition coefficient (Wildman–Crippen LogP) is 4.41. The Morgan fingerprint density at radius 3 is 2.38 bits per heavy atom. The zero-order valence-corrected chi connectivity index (χ0v) is 11.8. The Hall–Kier alpha value is -0.120. The summed E-state index contributed by atoms with van der Waals surface area (Å²) in [5.41, 5.74) is 1.04. The van der Waals surface area contributed by atoms with Crippen LogP contribution in [0.1, 0.15) is 24.7 Å². The van der Waals surface area contributed by atoms with Gasteiger partial charge in [0.05, 0.1) is 5.25 Å². The average molecular weight is 275 g/mol. The highest BCUT2D eigenvalue weighted by Crippen LogP contribution is 2.33. The average Bonchev–Trinajstić information content (AvgIpc) is 2.28. The fourth-order valence-electron chi connectivity index (χ4n) is 1.32. The molecular weight excluding hydrogens is 260 g/mol. The maximum absolute atomic E-state index is 11.9. The van der Waals surface area contributed by atoms with Gasteiger partial charge in [-0.2, -0.15) is 0 Å². The lowest BCUT2D eigenvalue weighted by Crippen LogP contribution is -2.06. The zero-order chi connectivity index (χ0) is 12.0. The van der Waals surface area contributed by atoms with Gasteiger partial charge in [-0.05, 0) is 29.2 Å². The monoisotopic (exact) mass is 274 g/mol. The number of hydrogen-bond donors (Lipinski definition) is 0. The first-order chi connectivity index (χ1) is 7.69. The Balaban J connectivity index is 2.84. The summed E-state index contributed by atoms with van der Waals surface area (Å²) in [5.74, 6) is 1.76. The summed E-state index contributed by atoms with van der Waals surface area (Å²) in [6, 6.07) is 7.54. The third-order valence-electron chi connectivity index (χ3n) is 2.01. The van der Waals surface area contributed by atoms with Crippen molar-refractivity contribution in [2.24, 2.45) is 0 Å². The van der Waals surface area contributed by atoms with E-state index in [-0.39, 0.29) is 10.4 Å². The number of carbonyl (C=O) groups excluding carboxylic acids is 1. The summed E-state index contributed by atoms with van der Waals surface area (Å²) in [7, 11) is 0. The summed E-state index contributed by atoms with van der Waals surface area (Å²) in [6.07, 6.45) is 0. The summed E-state index contributed by atoms with van der Waals surface area (Å²) < 4.78 is 0. The molecule has 0 spiro atoms. The van der Waals surface area contributed by atoms with Gasteiger partial charge in [0, 0.05) is 5.02 Å². The molecule has 0 heterocycles. The summed E-state index contributed by atoms with van der Waals surface area (Å²) in [4.78, 5) is 11.9. The second-order valence-corrected chi connectivity index (χ2v) is 6.23. The minimum Gasteiger partial charge on any atom is -0.286 e. The zero-order valence-electron chi connectivity index (χ0n) is 9.40. The Bertz CT molecular complexity index is 337.